The van der Waals surface area contributed by atoms with Crippen LogP contribution in [0.2, 0.25) is 0 Å². The number of allylic oxidation sites excluding steroid dienone is 1. The van der Waals surface area contributed by atoms with Crippen LogP contribution in [0.5, 0.6) is 5.75 Å². The zero-order chi connectivity index (χ0) is 28.9. The number of fused-ring (bicyclic) bond motifs is 1. The van der Waals surface area contributed by atoms with Crippen LogP contribution in [0.15, 0.2) is 87.1 Å². The third kappa shape index (κ3) is 6.08. The molecule has 2 aromatic heterocycles. The molecule has 0 saturated carbocycles. The van der Waals surface area contributed by atoms with Gasteiger partial charge in [0, 0.05) is 4.88 Å². The molecule has 0 radical (unpaired) electrons. The van der Waals surface area contributed by atoms with Crippen LogP contribution in [-0.4, -0.2) is 28.2 Å². The zero-order valence-corrected chi connectivity index (χ0v) is 24.2. The zero-order valence-electron chi connectivity index (χ0n) is 22.5. The predicted molar refractivity (Wildman–Crippen MR) is 158 cm³/mol. The molecule has 2 aromatic carbocycles. The van der Waals surface area contributed by atoms with Crippen LogP contribution in [-0.2, 0) is 16.1 Å². The van der Waals surface area contributed by atoms with Crippen LogP contribution in [0.1, 0.15) is 59.1 Å². The molecule has 1 N–H and O–H groups in total. The number of aromatic nitrogens is 1. The molecule has 8 nitrogen and oxygen atoms in total. The van der Waals surface area contributed by atoms with Gasteiger partial charge >= 0.3 is 11.9 Å². The van der Waals surface area contributed by atoms with Gasteiger partial charge in [-0.3, -0.25) is 9.36 Å². The highest BCUT2D eigenvalue weighted by molar-refractivity contribution is 7.10. The quantitative estimate of drug-likeness (QED) is 0.264. The number of thiophene rings is 1. The third-order valence-electron chi connectivity index (χ3n) is 6.46. The first-order valence-corrected chi connectivity index (χ1v) is 14.9. The maximum absolute atomic E-state index is 13.8. The Morgan fingerprint density at radius 1 is 1.10 bits per heavy atom. The molecule has 210 valence electrons. The molecule has 1 aliphatic rings. The van der Waals surface area contributed by atoms with Crippen molar-refractivity contribution in [3.63, 3.8) is 0 Å². The molecule has 5 rings (SSSR count). The molecule has 4 aromatic rings. The SMILES string of the molecule is CCCC1=C(C(=O)OCC)[C@@H](c2cccs2)n2c(s/c(=C\c3ccc(OCc4cccc(C(=O)O)c4)cc3)c2=O)=N1. The number of esters is 1. The summed E-state index contributed by atoms with van der Waals surface area (Å²) in [5.41, 5.74) is 2.63. The fourth-order valence-corrected chi connectivity index (χ4v) is 6.45. The van der Waals surface area contributed by atoms with E-state index in [9.17, 15) is 19.5 Å². The largest absolute Gasteiger partial charge is 0.489 e. The lowest BCUT2D eigenvalue weighted by atomic mass is 9.99. The van der Waals surface area contributed by atoms with Crippen LogP contribution in [0.25, 0.3) is 6.08 Å². The average molecular weight is 589 g/mol. The number of rotatable bonds is 10. The lowest BCUT2D eigenvalue weighted by Crippen LogP contribution is -2.39. The van der Waals surface area contributed by atoms with Crippen molar-refractivity contribution in [1.29, 1.82) is 0 Å². The molecule has 0 spiro atoms. The number of carbonyl (C=O) groups is 2. The maximum atomic E-state index is 13.8. The van der Waals surface area contributed by atoms with E-state index < -0.39 is 18.0 Å². The minimum Gasteiger partial charge on any atom is -0.489 e. The Kier molecular flexibility index (Phi) is 8.61. The summed E-state index contributed by atoms with van der Waals surface area (Å²) in [7, 11) is 0. The highest BCUT2D eigenvalue weighted by Gasteiger charge is 2.34. The molecular formula is C31H28N2O6S2. The van der Waals surface area contributed by atoms with Gasteiger partial charge in [-0.1, -0.05) is 55.0 Å². The van der Waals surface area contributed by atoms with E-state index >= 15 is 0 Å². The fraction of sp³-hybridized carbons (Fsp3) is 0.226. The summed E-state index contributed by atoms with van der Waals surface area (Å²) in [5.74, 6) is -0.815. The Hall–Kier alpha value is -4.28. The average Bonchev–Trinajstić information content (AvgIpc) is 3.61. The van der Waals surface area contributed by atoms with E-state index in [1.54, 1.807) is 35.8 Å². The third-order valence-corrected chi connectivity index (χ3v) is 8.37. The second kappa shape index (κ2) is 12.5. The first-order valence-electron chi connectivity index (χ1n) is 13.2. The number of hydrogen-bond donors (Lipinski definition) is 1. The molecule has 0 fully saturated rings. The van der Waals surface area contributed by atoms with Crippen molar-refractivity contribution >= 4 is 40.7 Å². The standard InChI is InChI=1S/C31H28N2O6S2/c1-3-7-23-26(30(37)38-4-2)27(24-10-6-15-40-24)33-28(34)25(41-31(33)32-23)17-19-11-13-22(14-12-19)39-18-20-8-5-9-21(16-20)29(35)36/h5-6,8-17,27H,3-4,7,18H2,1-2H3,(H,35,36)/b25-17-/t27-/m1/s1. The summed E-state index contributed by atoms with van der Waals surface area (Å²) in [6.07, 6.45) is 3.21. The second-order valence-corrected chi connectivity index (χ2v) is 11.3. The maximum Gasteiger partial charge on any atom is 0.338 e. The van der Waals surface area contributed by atoms with Crippen LogP contribution >= 0.6 is 22.7 Å². The first-order chi connectivity index (χ1) is 19.9. The predicted octanol–water partition coefficient (Wildman–Crippen LogP) is 4.92. The molecular weight excluding hydrogens is 560 g/mol. The van der Waals surface area contributed by atoms with E-state index in [1.165, 1.54) is 28.7 Å². The van der Waals surface area contributed by atoms with E-state index in [4.69, 9.17) is 14.5 Å². The normalized spacial score (nSPS) is 14.9. The van der Waals surface area contributed by atoms with Gasteiger partial charge < -0.3 is 14.6 Å². The van der Waals surface area contributed by atoms with Crippen LogP contribution < -0.4 is 19.6 Å². The Morgan fingerprint density at radius 2 is 1.90 bits per heavy atom. The number of carboxylic acids is 1. The van der Waals surface area contributed by atoms with Crippen molar-refractivity contribution in [1.82, 2.24) is 4.57 Å². The van der Waals surface area contributed by atoms with Gasteiger partial charge in [-0.2, -0.15) is 0 Å². The lowest BCUT2D eigenvalue weighted by Gasteiger charge is -2.24. The Labute approximate surface area is 244 Å². The van der Waals surface area contributed by atoms with Crippen molar-refractivity contribution in [2.45, 2.75) is 39.3 Å². The van der Waals surface area contributed by atoms with E-state index in [0.717, 1.165) is 22.4 Å². The number of thiazole rings is 1. The number of benzene rings is 2. The number of ether oxygens (including phenoxy) is 2. The molecule has 10 heteroatoms. The van der Waals surface area contributed by atoms with Gasteiger partial charge in [0.25, 0.3) is 5.56 Å². The van der Waals surface area contributed by atoms with Crippen LogP contribution in [0.4, 0.5) is 0 Å². The summed E-state index contributed by atoms with van der Waals surface area (Å²) in [6.45, 7) is 4.25. The second-order valence-electron chi connectivity index (χ2n) is 9.29. The van der Waals surface area contributed by atoms with Crippen molar-refractivity contribution < 1.29 is 24.2 Å². The lowest BCUT2D eigenvalue weighted by molar-refractivity contribution is -0.139. The fourth-order valence-electron chi connectivity index (χ4n) is 4.61. The van der Waals surface area contributed by atoms with Crippen molar-refractivity contribution in [3.05, 3.63) is 119 Å². The molecule has 1 aliphatic heterocycles. The molecule has 0 amide bonds. The van der Waals surface area contributed by atoms with Gasteiger partial charge in [-0.25, -0.2) is 14.6 Å². The molecule has 1 atom stereocenters. The smallest absolute Gasteiger partial charge is 0.338 e. The van der Waals surface area contributed by atoms with Crippen LogP contribution in [0, 0.1) is 0 Å². The summed E-state index contributed by atoms with van der Waals surface area (Å²) >= 11 is 2.79. The number of hydrogen-bond acceptors (Lipinski definition) is 8. The van der Waals surface area contributed by atoms with E-state index in [2.05, 4.69) is 0 Å². The van der Waals surface area contributed by atoms with Gasteiger partial charge in [-0.05, 0) is 66.3 Å². The minimum absolute atomic E-state index is 0.209. The van der Waals surface area contributed by atoms with Gasteiger partial charge in [0.2, 0.25) is 0 Å². The minimum atomic E-state index is -0.984. The van der Waals surface area contributed by atoms with E-state index in [1.807, 2.05) is 48.7 Å². The summed E-state index contributed by atoms with van der Waals surface area (Å²) in [5, 5.41) is 11.1. The number of nitrogens with zero attached hydrogens (tertiary/aromatic N) is 2. The molecule has 0 aliphatic carbocycles. The Bertz CT molecular complexity index is 1780. The van der Waals surface area contributed by atoms with Crippen LogP contribution in [0.3, 0.4) is 0 Å². The molecule has 0 unspecified atom stereocenters. The monoisotopic (exact) mass is 588 g/mol. The van der Waals surface area contributed by atoms with Gasteiger partial charge in [0.1, 0.15) is 18.4 Å². The summed E-state index contributed by atoms with van der Waals surface area (Å²) < 4.78 is 13.4. The van der Waals surface area contributed by atoms with Crippen molar-refractivity contribution in [2.24, 2.45) is 4.99 Å². The Morgan fingerprint density at radius 3 is 2.59 bits per heavy atom. The number of carbonyl (C=O) groups excluding carboxylic acids is 1. The van der Waals surface area contributed by atoms with Gasteiger partial charge in [-0.15, -0.1) is 11.3 Å². The molecule has 0 saturated heterocycles. The number of carboxylic acid groups (broad SMARTS) is 1. The van der Waals surface area contributed by atoms with Crippen molar-refractivity contribution in [3.8, 4) is 5.75 Å². The highest BCUT2D eigenvalue weighted by Crippen LogP contribution is 2.34. The van der Waals surface area contributed by atoms with E-state index in [0.29, 0.717) is 32.8 Å². The number of aromatic carboxylic acids is 1. The topological polar surface area (TPSA) is 107 Å². The molecule has 3 heterocycles. The van der Waals surface area contributed by atoms with Crippen molar-refractivity contribution in [2.75, 3.05) is 6.61 Å². The first kappa shape index (κ1) is 28.3. The highest BCUT2D eigenvalue weighted by atomic mass is 32.1. The van der Waals surface area contributed by atoms with E-state index in [-0.39, 0.29) is 24.3 Å². The van der Waals surface area contributed by atoms with Gasteiger partial charge in [0.15, 0.2) is 4.80 Å². The molecule has 0 bridgehead atoms. The summed E-state index contributed by atoms with van der Waals surface area (Å²) in [4.78, 5) is 44.3. The Balaban J connectivity index is 1.46. The molecule has 41 heavy (non-hydrogen) atoms. The summed E-state index contributed by atoms with van der Waals surface area (Å²) in [6, 6.07) is 17.2. The van der Waals surface area contributed by atoms with Gasteiger partial charge in [0.05, 0.1) is 28.0 Å².